The van der Waals surface area contributed by atoms with E-state index in [4.69, 9.17) is 14.6 Å². The van der Waals surface area contributed by atoms with Gasteiger partial charge in [0.1, 0.15) is 10.4 Å². The molecule has 0 bridgehead atoms. The Morgan fingerprint density at radius 2 is 2.00 bits per heavy atom. The highest BCUT2D eigenvalue weighted by molar-refractivity contribution is 9.10. The lowest BCUT2D eigenvalue weighted by atomic mass is 10.2. The van der Waals surface area contributed by atoms with Gasteiger partial charge in [-0.2, -0.15) is 0 Å². The molecule has 1 heterocycles. The van der Waals surface area contributed by atoms with E-state index in [0.717, 1.165) is 5.56 Å². The molecule has 1 aromatic heterocycles. The Kier molecular flexibility index (Phi) is 3.88. The summed E-state index contributed by atoms with van der Waals surface area (Å²) in [6.07, 6.45) is 0. The number of ether oxygens (including phenoxy) is 2. The SMILES string of the molecule is COc1ccc(-c2nc(Br)c(CO)[nH]2)cc1OC. The van der Waals surface area contributed by atoms with Crippen molar-refractivity contribution in [1.82, 2.24) is 9.97 Å². The van der Waals surface area contributed by atoms with Gasteiger partial charge in [0.2, 0.25) is 0 Å². The average molecular weight is 313 g/mol. The molecule has 2 rings (SSSR count). The van der Waals surface area contributed by atoms with Gasteiger partial charge >= 0.3 is 0 Å². The van der Waals surface area contributed by atoms with E-state index in [1.165, 1.54) is 0 Å². The monoisotopic (exact) mass is 312 g/mol. The van der Waals surface area contributed by atoms with Gasteiger partial charge in [-0.25, -0.2) is 4.98 Å². The van der Waals surface area contributed by atoms with Gasteiger partial charge in [-0.3, -0.25) is 0 Å². The molecule has 0 aliphatic carbocycles. The Bertz CT molecular complexity index is 554. The van der Waals surface area contributed by atoms with Crippen molar-refractivity contribution in [1.29, 1.82) is 0 Å². The molecule has 96 valence electrons. The Hall–Kier alpha value is -1.53. The number of hydrogen-bond donors (Lipinski definition) is 2. The molecule has 0 unspecified atom stereocenters. The van der Waals surface area contributed by atoms with Crippen LogP contribution in [0.2, 0.25) is 0 Å². The maximum atomic E-state index is 9.12. The third-order valence-electron chi connectivity index (χ3n) is 2.54. The number of aliphatic hydroxyl groups is 1. The van der Waals surface area contributed by atoms with Crippen molar-refractivity contribution in [3.63, 3.8) is 0 Å². The van der Waals surface area contributed by atoms with Crippen LogP contribution >= 0.6 is 15.9 Å². The molecule has 0 saturated heterocycles. The first-order chi connectivity index (χ1) is 8.69. The molecule has 1 aromatic carbocycles. The Labute approximate surface area is 113 Å². The molecule has 18 heavy (non-hydrogen) atoms. The number of hydrogen-bond acceptors (Lipinski definition) is 4. The highest BCUT2D eigenvalue weighted by Crippen LogP contribution is 2.32. The van der Waals surface area contributed by atoms with Crippen LogP contribution < -0.4 is 9.47 Å². The van der Waals surface area contributed by atoms with Crippen LogP contribution in [0.3, 0.4) is 0 Å². The van der Waals surface area contributed by atoms with Crippen LogP contribution in [0, 0.1) is 0 Å². The van der Waals surface area contributed by atoms with Crippen molar-refractivity contribution >= 4 is 15.9 Å². The average Bonchev–Trinajstić information content (AvgIpc) is 2.79. The second kappa shape index (κ2) is 5.41. The van der Waals surface area contributed by atoms with E-state index < -0.39 is 0 Å². The summed E-state index contributed by atoms with van der Waals surface area (Å²) >= 11 is 3.28. The summed E-state index contributed by atoms with van der Waals surface area (Å²) in [4.78, 5) is 7.32. The summed E-state index contributed by atoms with van der Waals surface area (Å²) in [7, 11) is 3.17. The maximum absolute atomic E-state index is 9.12. The molecule has 6 heteroatoms. The molecule has 0 radical (unpaired) electrons. The number of methoxy groups -OCH3 is 2. The minimum Gasteiger partial charge on any atom is -0.493 e. The second-order valence-electron chi connectivity index (χ2n) is 3.58. The second-order valence-corrected chi connectivity index (χ2v) is 4.33. The van der Waals surface area contributed by atoms with Gasteiger partial charge in [-0.1, -0.05) is 0 Å². The van der Waals surface area contributed by atoms with Crippen molar-refractivity contribution in [3.8, 4) is 22.9 Å². The van der Waals surface area contributed by atoms with Gasteiger partial charge < -0.3 is 19.6 Å². The number of imidazole rings is 1. The third kappa shape index (κ3) is 2.34. The van der Waals surface area contributed by atoms with Crippen molar-refractivity contribution in [2.75, 3.05) is 14.2 Å². The predicted molar refractivity (Wildman–Crippen MR) is 70.8 cm³/mol. The van der Waals surface area contributed by atoms with Crippen molar-refractivity contribution in [2.24, 2.45) is 0 Å². The standard InChI is InChI=1S/C12H13BrN2O3/c1-17-9-4-3-7(5-10(9)18-2)12-14-8(6-16)11(13)15-12/h3-5,16H,6H2,1-2H3,(H,14,15). The van der Waals surface area contributed by atoms with Crippen molar-refractivity contribution < 1.29 is 14.6 Å². The minimum atomic E-state index is -0.0964. The molecule has 0 amide bonds. The largest absolute Gasteiger partial charge is 0.493 e. The van der Waals surface area contributed by atoms with Gasteiger partial charge in [0.05, 0.1) is 26.5 Å². The Balaban J connectivity index is 2.44. The van der Waals surface area contributed by atoms with E-state index in [9.17, 15) is 0 Å². The van der Waals surface area contributed by atoms with Crippen LogP contribution in [0.25, 0.3) is 11.4 Å². The molecule has 2 aromatic rings. The van der Waals surface area contributed by atoms with E-state index in [1.54, 1.807) is 14.2 Å². The lowest BCUT2D eigenvalue weighted by Crippen LogP contribution is -1.91. The fourth-order valence-electron chi connectivity index (χ4n) is 1.61. The predicted octanol–water partition coefficient (Wildman–Crippen LogP) is 2.35. The normalized spacial score (nSPS) is 10.4. The first-order valence-electron chi connectivity index (χ1n) is 5.27. The van der Waals surface area contributed by atoms with Crippen LogP contribution in [-0.2, 0) is 6.61 Å². The molecule has 2 N–H and O–H groups in total. The number of H-pyrrole nitrogens is 1. The summed E-state index contributed by atoms with van der Waals surface area (Å²) in [6, 6.07) is 5.50. The van der Waals surface area contributed by atoms with Gasteiger partial charge in [-0.05, 0) is 34.1 Å². The first kappa shape index (κ1) is 12.9. The van der Waals surface area contributed by atoms with E-state index in [0.29, 0.717) is 27.6 Å². The highest BCUT2D eigenvalue weighted by Gasteiger charge is 2.11. The molecule has 0 aliphatic heterocycles. The Morgan fingerprint density at radius 3 is 2.56 bits per heavy atom. The number of nitrogens with zero attached hydrogens (tertiary/aromatic N) is 1. The molecule has 0 saturated carbocycles. The van der Waals surface area contributed by atoms with Gasteiger partial charge in [-0.15, -0.1) is 0 Å². The van der Waals surface area contributed by atoms with E-state index in [2.05, 4.69) is 25.9 Å². The lowest BCUT2D eigenvalue weighted by Gasteiger charge is -2.08. The van der Waals surface area contributed by atoms with E-state index in [-0.39, 0.29) is 6.61 Å². The summed E-state index contributed by atoms with van der Waals surface area (Å²) in [5.41, 5.74) is 1.49. The fourth-order valence-corrected chi connectivity index (χ4v) is 2.01. The first-order valence-corrected chi connectivity index (χ1v) is 6.06. The molecule has 0 atom stereocenters. The van der Waals surface area contributed by atoms with Gasteiger partial charge in [0, 0.05) is 5.56 Å². The van der Waals surface area contributed by atoms with E-state index in [1.807, 2.05) is 18.2 Å². The number of benzene rings is 1. The third-order valence-corrected chi connectivity index (χ3v) is 3.20. The Morgan fingerprint density at radius 1 is 1.28 bits per heavy atom. The van der Waals surface area contributed by atoms with Crippen molar-refractivity contribution in [3.05, 3.63) is 28.5 Å². The van der Waals surface area contributed by atoms with Crippen molar-refractivity contribution in [2.45, 2.75) is 6.61 Å². The lowest BCUT2D eigenvalue weighted by molar-refractivity contribution is 0.276. The number of aromatic amines is 1. The molecule has 0 aliphatic rings. The van der Waals surface area contributed by atoms with Gasteiger partial charge in [0.15, 0.2) is 11.5 Å². The summed E-state index contributed by atoms with van der Waals surface area (Å²) in [6.45, 7) is -0.0964. The number of rotatable bonds is 4. The minimum absolute atomic E-state index is 0.0964. The summed E-state index contributed by atoms with van der Waals surface area (Å²) in [5.74, 6) is 1.95. The number of aromatic nitrogens is 2. The topological polar surface area (TPSA) is 67.4 Å². The zero-order valence-electron chi connectivity index (χ0n) is 10.0. The molecule has 0 fully saturated rings. The zero-order chi connectivity index (χ0) is 13.1. The van der Waals surface area contributed by atoms with Crippen LogP contribution in [0.15, 0.2) is 22.8 Å². The molecule has 5 nitrogen and oxygen atoms in total. The van der Waals surface area contributed by atoms with Crippen LogP contribution in [0.4, 0.5) is 0 Å². The molecular weight excluding hydrogens is 300 g/mol. The maximum Gasteiger partial charge on any atom is 0.161 e. The summed E-state index contributed by atoms with van der Waals surface area (Å²) in [5, 5.41) is 9.12. The quantitative estimate of drug-likeness (QED) is 0.909. The number of aliphatic hydroxyl groups excluding tert-OH is 1. The van der Waals surface area contributed by atoms with E-state index >= 15 is 0 Å². The summed E-state index contributed by atoms with van der Waals surface area (Å²) < 4.78 is 11.0. The smallest absolute Gasteiger partial charge is 0.161 e. The zero-order valence-corrected chi connectivity index (χ0v) is 11.6. The molecular formula is C12H13BrN2O3. The van der Waals surface area contributed by atoms with Crippen LogP contribution in [0.5, 0.6) is 11.5 Å². The fraction of sp³-hybridized carbons (Fsp3) is 0.250. The van der Waals surface area contributed by atoms with Crippen LogP contribution in [-0.4, -0.2) is 29.3 Å². The highest BCUT2D eigenvalue weighted by atomic mass is 79.9. The molecule has 0 spiro atoms. The number of halogens is 1. The van der Waals surface area contributed by atoms with Gasteiger partial charge in [0.25, 0.3) is 0 Å². The number of nitrogens with one attached hydrogen (secondary N) is 1. The van der Waals surface area contributed by atoms with Crippen LogP contribution in [0.1, 0.15) is 5.69 Å².